The van der Waals surface area contributed by atoms with Crippen LogP contribution in [0.25, 0.3) is 22.2 Å². The van der Waals surface area contributed by atoms with Crippen LogP contribution in [-0.4, -0.2) is 37.1 Å². The number of pyridine rings is 2. The second kappa shape index (κ2) is 9.46. The topological polar surface area (TPSA) is 104 Å². The number of hydrogen-bond donors (Lipinski definition) is 3. The van der Waals surface area contributed by atoms with E-state index in [1.807, 2.05) is 55.1 Å². The van der Waals surface area contributed by atoms with Gasteiger partial charge in [0.05, 0.1) is 29.0 Å². The minimum atomic E-state index is -0.416. The Labute approximate surface area is 203 Å². The van der Waals surface area contributed by atoms with Crippen LogP contribution in [0.5, 0.6) is 0 Å². The first-order valence-corrected chi connectivity index (χ1v) is 12.1. The van der Waals surface area contributed by atoms with Crippen LogP contribution >= 0.6 is 0 Å². The second-order valence-corrected chi connectivity index (χ2v) is 9.50. The van der Waals surface area contributed by atoms with E-state index < -0.39 is 5.91 Å². The first kappa shape index (κ1) is 23.0. The van der Waals surface area contributed by atoms with Gasteiger partial charge in [-0.3, -0.25) is 19.7 Å². The molecule has 0 radical (unpaired) electrons. The first-order chi connectivity index (χ1) is 16.9. The van der Waals surface area contributed by atoms with Gasteiger partial charge < -0.3 is 10.4 Å². The van der Waals surface area contributed by atoms with Crippen LogP contribution in [0.15, 0.2) is 60.9 Å². The zero-order valence-electron chi connectivity index (χ0n) is 19.9. The third-order valence-electron chi connectivity index (χ3n) is 6.71. The molecule has 1 aliphatic rings. The highest BCUT2D eigenvalue weighted by molar-refractivity contribution is 6.06. The monoisotopic (exact) mass is 472 g/mol. The highest BCUT2D eigenvalue weighted by Crippen LogP contribution is 2.34. The van der Waals surface area contributed by atoms with Crippen LogP contribution in [0.3, 0.4) is 0 Å². The predicted molar refractivity (Wildman–Crippen MR) is 132 cm³/mol. The minimum absolute atomic E-state index is 0.0555. The fourth-order valence-corrected chi connectivity index (χ4v) is 4.75. The van der Waals surface area contributed by atoms with Crippen molar-refractivity contribution < 1.29 is 19.8 Å². The van der Waals surface area contributed by atoms with E-state index in [0.717, 1.165) is 46.9 Å². The van der Waals surface area contributed by atoms with Gasteiger partial charge in [-0.2, -0.15) is 5.10 Å². The van der Waals surface area contributed by atoms with Crippen LogP contribution < -0.4 is 10.0 Å². The van der Waals surface area contributed by atoms with E-state index in [2.05, 4.69) is 10.3 Å². The standard InChI is InChI=1S/C27H29N5O3/c1-17(2)25-7-5-8-26(32(25)35)27(34)29-24-14-18-16-31(19-9-11-20(33)12-10-19)30-23(18)15-21(24)22-6-3-4-13-28-22/h3-8,13-17,19-20,33H,9-12H2,1-2H3,(H-,29,34,35)/p+1/t19-,20-. The van der Waals surface area contributed by atoms with Crippen molar-refractivity contribution >= 4 is 22.5 Å². The van der Waals surface area contributed by atoms with Crippen LogP contribution in [0.4, 0.5) is 5.69 Å². The minimum Gasteiger partial charge on any atom is -0.393 e. The maximum Gasteiger partial charge on any atom is 0.325 e. The molecule has 0 aliphatic heterocycles. The second-order valence-electron chi connectivity index (χ2n) is 9.50. The molecule has 3 aromatic heterocycles. The molecule has 180 valence electrons. The van der Waals surface area contributed by atoms with Crippen molar-refractivity contribution in [2.75, 3.05) is 5.32 Å². The average molecular weight is 473 g/mol. The summed E-state index contributed by atoms with van der Waals surface area (Å²) < 4.78 is 2.94. The van der Waals surface area contributed by atoms with E-state index in [9.17, 15) is 15.1 Å². The van der Waals surface area contributed by atoms with Gasteiger partial charge in [-0.25, -0.2) is 0 Å². The number of anilines is 1. The molecule has 0 atom stereocenters. The van der Waals surface area contributed by atoms with Gasteiger partial charge in [0.1, 0.15) is 0 Å². The molecule has 0 saturated heterocycles. The fraction of sp³-hybridized carbons (Fsp3) is 0.333. The van der Waals surface area contributed by atoms with Gasteiger partial charge in [0.25, 0.3) is 0 Å². The van der Waals surface area contributed by atoms with E-state index >= 15 is 0 Å². The quantitative estimate of drug-likeness (QED) is 0.294. The van der Waals surface area contributed by atoms with Gasteiger partial charge in [0.15, 0.2) is 0 Å². The highest BCUT2D eigenvalue weighted by atomic mass is 16.5. The van der Waals surface area contributed by atoms with Gasteiger partial charge in [-0.15, -0.1) is 0 Å². The van der Waals surface area contributed by atoms with Crippen LogP contribution in [-0.2, 0) is 0 Å². The van der Waals surface area contributed by atoms with Crippen molar-refractivity contribution in [1.29, 1.82) is 0 Å². The Morgan fingerprint density at radius 2 is 1.91 bits per heavy atom. The molecule has 1 saturated carbocycles. The Kier molecular flexibility index (Phi) is 6.21. The number of nitrogens with one attached hydrogen (secondary N) is 1. The molecule has 3 N–H and O–H groups in total. The zero-order valence-corrected chi connectivity index (χ0v) is 19.9. The number of hydrogen-bond acceptors (Lipinski definition) is 5. The van der Waals surface area contributed by atoms with Crippen molar-refractivity contribution in [2.24, 2.45) is 0 Å². The van der Waals surface area contributed by atoms with Crippen molar-refractivity contribution in [3.8, 4) is 11.3 Å². The molecule has 1 aliphatic carbocycles. The summed E-state index contributed by atoms with van der Waals surface area (Å²) in [6, 6.07) is 14.9. The third kappa shape index (κ3) is 4.61. The molecule has 0 unspecified atom stereocenters. The Morgan fingerprint density at radius 1 is 1.11 bits per heavy atom. The molecule has 5 rings (SSSR count). The summed E-state index contributed by atoms with van der Waals surface area (Å²) >= 11 is 0. The van der Waals surface area contributed by atoms with Gasteiger partial charge in [-0.05, 0) is 56.0 Å². The SMILES string of the molecule is CC(C)c1cccc(C(=O)Nc2cc3cn([C@H]4CC[C@H](O)CC4)nc3cc2-c2ccccn2)[n+]1O. The number of carbonyl (C=O) groups is 1. The molecule has 1 amide bonds. The summed E-state index contributed by atoms with van der Waals surface area (Å²) in [4.78, 5) is 17.7. The lowest BCUT2D eigenvalue weighted by Crippen LogP contribution is -2.43. The van der Waals surface area contributed by atoms with Crippen molar-refractivity contribution in [2.45, 2.75) is 57.6 Å². The molecule has 35 heavy (non-hydrogen) atoms. The molecule has 0 spiro atoms. The Bertz CT molecular complexity index is 1360. The van der Waals surface area contributed by atoms with Gasteiger partial charge in [0.2, 0.25) is 5.69 Å². The summed E-state index contributed by atoms with van der Waals surface area (Å²) in [5.41, 5.74) is 3.67. The lowest BCUT2D eigenvalue weighted by atomic mass is 9.93. The number of benzene rings is 1. The van der Waals surface area contributed by atoms with Gasteiger partial charge in [0, 0.05) is 46.1 Å². The van der Waals surface area contributed by atoms with Crippen LogP contribution in [0, 0.1) is 0 Å². The molecule has 8 nitrogen and oxygen atoms in total. The molecular formula is C27H30N5O3+. The summed E-state index contributed by atoms with van der Waals surface area (Å²) in [7, 11) is 0. The van der Waals surface area contributed by atoms with E-state index in [-0.39, 0.29) is 23.8 Å². The van der Waals surface area contributed by atoms with Crippen molar-refractivity contribution in [1.82, 2.24) is 14.8 Å². The molecule has 4 aromatic rings. The predicted octanol–water partition coefficient (Wildman–Crippen LogP) is 4.47. The number of fused-ring (bicyclic) bond motifs is 1. The van der Waals surface area contributed by atoms with Gasteiger partial charge >= 0.3 is 11.6 Å². The summed E-state index contributed by atoms with van der Waals surface area (Å²) in [5.74, 6) is -0.361. The largest absolute Gasteiger partial charge is 0.393 e. The van der Waals surface area contributed by atoms with Crippen molar-refractivity contribution in [3.05, 3.63) is 72.3 Å². The number of nitrogens with zero attached hydrogens (tertiary/aromatic N) is 4. The first-order valence-electron chi connectivity index (χ1n) is 12.1. The maximum atomic E-state index is 13.3. The number of aliphatic hydroxyl groups is 1. The Morgan fingerprint density at radius 3 is 2.63 bits per heavy atom. The third-order valence-corrected chi connectivity index (χ3v) is 6.71. The lowest BCUT2D eigenvalue weighted by molar-refractivity contribution is -0.911. The van der Waals surface area contributed by atoms with Crippen LogP contribution in [0.1, 0.15) is 67.7 Å². The smallest absolute Gasteiger partial charge is 0.325 e. The van der Waals surface area contributed by atoms with E-state index in [0.29, 0.717) is 17.1 Å². The Hall–Kier alpha value is -3.78. The maximum absolute atomic E-state index is 13.3. The number of aliphatic hydroxyl groups excluding tert-OH is 1. The van der Waals surface area contributed by atoms with Gasteiger partial charge in [-0.1, -0.05) is 19.9 Å². The average Bonchev–Trinajstić information content (AvgIpc) is 3.27. The Balaban J connectivity index is 1.54. The molecular weight excluding hydrogens is 442 g/mol. The molecule has 1 aromatic carbocycles. The summed E-state index contributed by atoms with van der Waals surface area (Å²) in [6.45, 7) is 3.92. The normalized spacial score (nSPS) is 18.2. The van der Waals surface area contributed by atoms with E-state index in [4.69, 9.17) is 5.10 Å². The van der Waals surface area contributed by atoms with Crippen LogP contribution in [0.2, 0.25) is 0 Å². The molecule has 0 bridgehead atoms. The number of amides is 1. The molecule has 1 fully saturated rings. The number of carbonyl (C=O) groups excluding carboxylic acids is 1. The lowest BCUT2D eigenvalue weighted by Gasteiger charge is -2.25. The van der Waals surface area contributed by atoms with E-state index in [1.54, 1.807) is 24.4 Å². The number of rotatable bonds is 5. The highest BCUT2D eigenvalue weighted by Gasteiger charge is 2.27. The van der Waals surface area contributed by atoms with E-state index in [1.165, 1.54) is 0 Å². The fourth-order valence-electron chi connectivity index (χ4n) is 4.75. The van der Waals surface area contributed by atoms with Crippen molar-refractivity contribution in [3.63, 3.8) is 0 Å². The zero-order chi connectivity index (χ0) is 24.5. The molecule has 8 heteroatoms. The summed E-state index contributed by atoms with van der Waals surface area (Å²) in [5, 5.41) is 29.2. The molecule has 3 heterocycles. The number of aromatic nitrogens is 4. The summed E-state index contributed by atoms with van der Waals surface area (Å²) in [6.07, 6.45) is 6.81.